The number of aryl methyl sites for hydroxylation is 1. The summed E-state index contributed by atoms with van der Waals surface area (Å²) in [6.45, 7) is 1.54. The van der Waals surface area contributed by atoms with Gasteiger partial charge in [-0.3, -0.25) is 0 Å². The molecule has 0 bridgehead atoms. The molecule has 0 spiro atoms. The van der Waals surface area contributed by atoms with E-state index in [2.05, 4.69) is 0 Å². The minimum absolute atomic E-state index is 0.111. The normalized spacial score (nSPS) is 12.2. The Morgan fingerprint density at radius 2 is 1.75 bits per heavy atom. The highest BCUT2D eigenvalue weighted by molar-refractivity contribution is 5.31. The second kappa shape index (κ2) is 6.01. The van der Waals surface area contributed by atoms with Gasteiger partial charge in [-0.15, -0.1) is 0 Å². The molecule has 2 nitrogen and oxygen atoms in total. The van der Waals surface area contributed by atoms with E-state index in [0.29, 0.717) is 11.3 Å². The van der Waals surface area contributed by atoms with E-state index in [1.165, 1.54) is 6.07 Å². The second-order valence-corrected chi connectivity index (χ2v) is 4.69. The third-order valence-corrected chi connectivity index (χ3v) is 3.23. The lowest BCUT2D eigenvalue weighted by Crippen LogP contribution is -2.06. The van der Waals surface area contributed by atoms with Gasteiger partial charge in [-0.2, -0.15) is 0 Å². The zero-order chi connectivity index (χ0) is 14.7. The van der Waals surface area contributed by atoms with Crippen molar-refractivity contribution in [2.24, 2.45) is 0 Å². The van der Waals surface area contributed by atoms with Gasteiger partial charge in [0.1, 0.15) is 17.4 Å². The molecule has 0 radical (unpaired) electrons. The van der Waals surface area contributed by atoms with E-state index in [9.17, 15) is 13.9 Å². The molecule has 20 heavy (non-hydrogen) atoms. The average molecular weight is 278 g/mol. The van der Waals surface area contributed by atoms with Crippen LogP contribution in [0, 0.1) is 18.6 Å². The van der Waals surface area contributed by atoms with Crippen LogP contribution in [0.1, 0.15) is 22.8 Å². The molecule has 1 N–H and O–H groups in total. The van der Waals surface area contributed by atoms with Gasteiger partial charge in [0.05, 0.1) is 13.2 Å². The van der Waals surface area contributed by atoms with E-state index in [4.69, 9.17) is 4.74 Å². The van der Waals surface area contributed by atoms with Crippen molar-refractivity contribution in [3.63, 3.8) is 0 Å². The molecule has 0 saturated heterocycles. The number of aliphatic hydroxyl groups excluding tert-OH is 1. The number of halogens is 2. The Hall–Kier alpha value is -1.94. The fourth-order valence-corrected chi connectivity index (χ4v) is 2.03. The van der Waals surface area contributed by atoms with E-state index >= 15 is 0 Å². The van der Waals surface area contributed by atoms with Crippen LogP contribution in [-0.4, -0.2) is 12.2 Å². The van der Waals surface area contributed by atoms with Gasteiger partial charge in [0.2, 0.25) is 0 Å². The van der Waals surface area contributed by atoms with Gasteiger partial charge in [-0.25, -0.2) is 8.78 Å². The maximum atomic E-state index is 13.7. The molecule has 0 aliphatic carbocycles. The first-order chi connectivity index (χ1) is 9.51. The standard InChI is InChI=1S/C16H16F2O2/c1-10-7-13(15(18)9-14(10)17)16(19)8-11-3-5-12(20-2)6-4-11/h3-7,9,16,19H,8H2,1-2H3. The second-order valence-electron chi connectivity index (χ2n) is 4.69. The molecule has 0 aliphatic rings. The first kappa shape index (κ1) is 14.5. The molecule has 2 aromatic carbocycles. The summed E-state index contributed by atoms with van der Waals surface area (Å²) in [5, 5.41) is 10.1. The summed E-state index contributed by atoms with van der Waals surface area (Å²) in [5.74, 6) is -0.621. The van der Waals surface area contributed by atoms with Crippen molar-refractivity contribution in [3.05, 3.63) is 64.7 Å². The number of hydrogen-bond donors (Lipinski definition) is 1. The summed E-state index contributed by atoms with van der Waals surface area (Å²) in [6, 6.07) is 9.30. The Labute approximate surface area is 116 Å². The van der Waals surface area contributed by atoms with Gasteiger partial charge in [-0.05, 0) is 36.2 Å². The van der Waals surface area contributed by atoms with Crippen LogP contribution < -0.4 is 4.74 Å². The van der Waals surface area contributed by atoms with Crippen molar-refractivity contribution in [2.75, 3.05) is 7.11 Å². The highest BCUT2D eigenvalue weighted by Gasteiger charge is 2.16. The Morgan fingerprint density at radius 3 is 2.35 bits per heavy atom. The summed E-state index contributed by atoms with van der Waals surface area (Å²) in [4.78, 5) is 0. The van der Waals surface area contributed by atoms with E-state index in [0.717, 1.165) is 11.6 Å². The number of rotatable bonds is 4. The van der Waals surface area contributed by atoms with E-state index in [-0.39, 0.29) is 12.0 Å². The summed E-state index contributed by atoms with van der Waals surface area (Å²) >= 11 is 0. The Kier molecular flexibility index (Phi) is 4.35. The van der Waals surface area contributed by atoms with Crippen LogP contribution in [0.4, 0.5) is 8.78 Å². The molecule has 4 heteroatoms. The summed E-state index contributed by atoms with van der Waals surface area (Å²) < 4.78 is 31.9. The highest BCUT2D eigenvalue weighted by Crippen LogP contribution is 2.24. The third kappa shape index (κ3) is 3.14. The van der Waals surface area contributed by atoms with Crippen molar-refractivity contribution in [3.8, 4) is 5.75 Å². The SMILES string of the molecule is COc1ccc(CC(O)c2cc(C)c(F)cc2F)cc1. The van der Waals surface area contributed by atoms with Crippen LogP contribution in [0.25, 0.3) is 0 Å². The molecule has 2 aromatic rings. The van der Waals surface area contributed by atoms with Crippen LogP contribution in [0.5, 0.6) is 5.75 Å². The highest BCUT2D eigenvalue weighted by atomic mass is 19.1. The van der Waals surface area contributed by atoms with Gasteiger partial charge in [0.25, 0.3) is 0 Å². The topological polar surface area (TPSA) is 29.5 Å². The average Bonchev–Trinajstić information content (AvgIpc) is 2.43. The van der Waals surface area contributed by atoms with Gasteiger partial charge < -0.3 is 9.84 Å². The summed E-state index contributed by atoms with van der Waals surface area (Å²) in [7, 11) is 1.57. The predicted octanol–water partition coefficient (Wildman–Crippen LogP) is 3.56. The number of ether oxygens (including phenoxy) is 1. The fraction of sp³-hybridized carbons (Fsp3) is 0.250. The van der Waals surface area contributed by atoms with Crippen molar-refractivity contribution in [1.29, 1.82) is 0 Å². The van der Waals surface area contributed by atoms with Crippen LogP contribution in [0.15, 0.2) is 36.4 Å². The predicted molar refractivity (Wildman–Crippen MR) is 72.8 cm³/mol. The minimum Gasteiger partial charge on any atom is -0.497 e. The number of aliphatic hydroxyl groups is 1. The van der Waals surface area contributed by atoms with E-state index in [1.807, 2.05) is 0 Å². The third-order valence-electron chi connectivity index (χ3n) is 3.23. The van der Waals surface area contributed by atoms with Crippen molar-refractivity contribution in [1.82, 2.24) is 0 Å². The molecule has 1 unspecified atom stereocenters. The Balaban J connectivity index is 2.18. The van der Waals surface area contributed by atoms with E-state index < -0.39 is 17.7 Å². The molecule has 106 valence electrons. The van der Waals surface area contributed by atoms with Gasteiger partial charge in [0, 0.05) is 18.1 Å². The molecule has 2 rings (SSSR count). The monoisotopic (exact) mass is 278 g/mol. The molecule has 1 atom stereocenters. The molecule has 0 heterocycles. The molecule has 0 aliphatic heterocycles. The van der Waals surface area contributed by atoms with Gasteiger partial charge in [-0.1, -0.05) is 12.1 Å². The Bertz CT molecular complexity index is 594. The molecular formula is C16H16F2O2. The van der Waals surface area contributed by atoms with Crippen molar-refractivity contribution in [2.45, 2.75) is 19.4 Å². The number of benzene rings is 2. The van der Waals surface area contributed by atoms with Crippen molar-refractivity contribution >= 4 is 0 Å². The van der Waals surface area contributed by atoms with Crippen LogP contribution in [0.3, 0.4) is 0 Å². The largest absolute Gasteiger partial charge is 0.497 e. The number of methoxy groups -OCH3 is 1. The first-order valence-electron chi connectivity index (χ1n) is 6.28. The van der Waals surface area contributed by atoms with Crippen LogP contribution in [-0.2, 0) is 6.42 Å². The maximum absolute atomic E-state index is 13.7. The molecular weight excluding hydrogens is 262 g/mol. The quantitative estimate of drug-likeness (QED) is 0.926. The van der Waals surface area contributed by atoms with Crippen LogP contribution >= 0.6 is 0 Å². The zero-order valence-corrected chi connectivity index (χ0v) is 11.4. The Morgan fingerprint density at radius 1 is 1.10 bits per heavy atom. The first-order valence-corrected chi connectivity index (χ1v) is 6.28. The minimum atomic E-state index is -1.01. The molecule has 0 fully saturated rings. The maximum Gasteiger partial charge on any atom is 0.131 e. The summed E-state index contributed by atoms with van der Waals surface area (Å²) in [5.41, 5.74) is 1.27. The van der Waals surface area contributed by atoms with Gasteiger partial charge in [0.15, 0.2) is 0 Å². The fourth-order valence-electron chi connectivity index (χ4n) is 2.03. The van der Waals surface area contributed by atoms with Crippen LogP contribution in [0.2, 0.25) is 0 Å². The van der Waals surface area contributed by atoms with Crippen molar-refractivity contribution < 1.29 is 18.6 Å². The van der Waals surface area contributed by atoms with E-state index in [1.54, 1.807) is 38.3 Å². The molecule has 0 aromatic heterocycles. The smallest absolute Gasteiger partial charge is 0.131 e. The summed E-state index contributed by atoms with van der Waals surface area (Å²) in [6.07, 6.45) is -0.755. The number of hydrogen-bond acceptors (Lipinski definition) is 2. The lowest BCUT2D eigenvalue weighted by Gasteiger charge is -2.13. The molecule has 0 amide bonds. The van der Waals surface area contributed by atoms with Gasteiger partial charge >= 0.3 is 0 Å². The molecule has 0 saturated carbocycles. The lowest BCUT2D eigenvalue weighted by atomic mass is 9.99. The lowest BCUT2D eigenvalue weighted by molar-refractivity contribution is 0.173. The zero-order valence-electron chi connectivity index (χ0n) is 11.4.